The average Bonchev–Trinajstić information content (AvgIpc) is 2.69. The third-order valence-corrected chi connectivity index (χ3v) is 3.59. The molecule has 9 heteroatoms. The van der Waals surface area contributed by atoms with Crippen molar-refractivity contribution in [3.63, 3.8) is 0 Å². The van der Waals surface area contributed by atoms with Crippen molar-refractivity contribution < 1.29 is 28.7 Å². The summed E-state index contributed by atoms with van der Waals surface area (Å²) in [6.45, 7) is -0.301. The Bertz CT molecular complexity index is 837. The molecular formula is C18H18N2O7. The van der Waals surface area contributed by atoms with Crippen LogP contribution in [0.3, 0.4) is 0 Å². The lowest BCUT2D eigenvalue weighted by atomic mass is 10.1. The lowest BCUT2D eigenvalue weighted by molar-refractivity contribution is -0.385. The maximum atomic E-state index is 12.2. The van der Waals surface area contributed by atoms with Gasteiger partial charge in [0.15, 0.2) is 18.1 Å². The monoisotopic (exact) mass is 374 g/mol. The minimum absolute atomic E-state index is 0.0985. The number of nitro benzene ring substituents is 1. The van der Waals surface area contributed by atoms with Crippen LogP contribution >= 0.6 is 0 Å². The fourth-order valence-corrected chi connectivity index (χ4v) is 2.24. The molecule has 0 aliphatic heterocycles. The molecule has 0 aliphatic rings. The number of benzene rings is 2. The first kappa shape index (κ1) is 19.7. The van der Waals surface area contributed by atoms with Crippen LogP contribution < -0.4 is 14.8 Å². The highest BCUT2D eigenvalue weighted by molar-refractivity contribution is 5.96. The van der Waals surface area contributed by atoms with Crippen LogP contribution in [-0.2, 0) is 16.1 Å². The van der Waals surface area contributed by atoms with Gasteiger partial charge in [0.1, 0.15) is 5.56 Å². The van der Waals surface area contributed by atoms with E-state index in [1.54, 1.807) is 0 Å². The molecule has 0 fully saturated rings. The van der Waals surface area contributed by atoms with Crippen molar-refractivity contribution in [2.45, 2.75) is 6.54 Å². The van der Waals surface area contributed by atoms with E-state index in [4.69, 9.17) is 14.2 Å². The fraction of sp³-hybridized carbons (Fsp3) is 0.222. The lowest BCUT2D eigenvalue weighted by Crippen LogP contribution is -2.28. The van der Waals surface area contributed by atoms with Crippen molar-refractivity contribution in [1.29, 1.82) is 0 Å². The van der Waals surface area contributed by atoms with E-state index >= 15 is 0 Å². The van der Waals surface area contributed by atoms with Gasteiger partial charge < -0.3 is 19.5 Å². The summed E-state index contributed by atoms with van der Waals surface area (Å²) in [5.74, 6) is -1.32. The summed E-state index contributed by atoms with van der Waals surface area (Å²) in [5, 5.41) is 13.8. The predicted molar refractivity (Wildman–Crippen MR) is 94.8 cm³/mol. The number of hydrogen-bond donors (Lipinski definition) is 1. The SMILES string of the molecule is COc1cc(C(=O)OCC(=O)NCc2ccccc2)c([N+](=O)[O-])cc1OC. The van der Waals surface area contributed by atoms with E-state index < -0.39 is 29.1 Å². The molecule has 0 saturated carbocycles. The van der Waals surface area contributed by atoms with Gasteiger partial charge >= 0.3 is 5.97 Å². The van der Waals surface area contributed by atoms with Crippen molar-refractivity contribution in [2.24, 2.45) is 0 Å². The highest BCUT2D eigenvalue weighted by Crippen LogP contribution is 2.34. The molecule has 9 nitrogen and oxygen atoms in total. The number of carbonyl (C=O) groups is 2. The summed E-state index contributed by atoms with van der Waals surface area (Å²) in [6.07, 6.45) is 0. The molecule has 0 radical (unpaired) electrons. The van der Waals surface area contributed by atoms with Gasteiger partial charge in [-0.1, -0.05) is 30.3 Å². The van der Waals surface area contributed by atoms with Gasteiger partial charge in [-0.3, -0.25) is 14.9 Å². The first-order valence-electron chi connectivity index (χ1n) is 7.84. The van der Waals surface area contributed by atoms with Crippen LogP contribution in [0.2, 0.25) is 0 Å². The Morgan fingerprint density at radius 1 is 1.07 bits per heavy atom. The van der Waals surface area contributed by atoms with Gasteiger partial charge in [0.25, 0.3) is 11.6 Å². The highest BCUT2D eigenvalue weighted by Gasteiger charge is 2.26. The van der Waals surface area contributed by atoms with Gasteiger partial charge in [-0.15, -0.1) is 0 Å². The first-order chi connectivity index (χ1) is 13.0. The molecule has 0 spiro atoms. The van der Waals surface area contributed by atoms with Crippen LogP contribution in [0.1, 0.15) is 15.9 Å². The number of methoxy groups -OCH3 is 2. The molecule has 1 amide bonds. The van der Waals surface area contributed by atoms with Crippen LogP contribution in [0.25, 0.3) is 0 Å². The van der Waals surface area contributed by atoms with E-state index in [1.807, 2.05) is 30.3 Å². The topological polar surface area (TPSA) is 117 Å². The minimum atomic E-state index is -1.02. The summed E-state index contributed by atoms with van der Waals surface area (Å²) in [4.78, 5) is 34.5. The Morgan fingerprint density at radius 3 is 2.30 bits per heavy atom. The Labute approximate surface area is 155 Å². The molecule has 27 heavy (non-hydrogen) atoms. The lowest BCUT2D eigenvalue weighted by Gasteiger charge is -2.10. The van der Waals surface area contributed by atoms with Crippen LogP contribution in [0.5, 0.6) is 11.5 Å². The predicted octanol–water partition coefficient (Wildman–Crippen LogP) is 2.09. The Morgan fingerprint density at radius 2 is 1.70 bits per heavy atom. The summed E-state index contributed by atoms with van der Waals surface area (Å²) in [7, 11) is 2.65. The van der Waals surface area contributed by atoms with Crippen LogP contribution in [-0.4, -0.2) is 37.6 Å². The number of hydrogen-bond acceptors (Lipinski definition) is 7. The fourth-order valence-electron chi connectivity index (χ4n) is 2.24. The summed E-state index contributed by atoms with van der Waals surface area (Å²) >= 11 is 0. The third kappa shape index (κ3) is 5.18. The molecule has 0 atom stereocenters. The van der Waals surface area contributed by atoms with Crippen LogP contribution in [0.4, 0.5) is 5.69 Å². The molecule has 2 rings (SSSR count). The minimum Gasteiger partial charge on any atom is -0.493 e. The maximum absolute atomic E-state index is 12.2. The van der Waals surface area contributed by atoms with E-state index in [0.29, 0.717) is 0 Å². The Hall–Kier alpha value is -3.62. The number of carbonyl (C=O) groups excluding carboxylic acids is 2. The number of ether oxygens (including phenoxy) is 3. The Kier molecular flexibility index (Phi) is 6.70. The van der Waals surface area contributed by atoms with E-state index in [9.17, 15) is 19.7 Å². The molecule has 0 bridgehead atoms. The molecule has 2 aromatic carbocycles. The number of nitrogens with zero attached hydrogens (tertiary/aromatic N) is 1. The van der Waals surface area contributed by atoms with Gasteiger partial charge in [-0.25, -0.2) is 4.79 Å². The number of rotatable bonds is 8. The van der Waals surface area contributed by atoms with E-state index in [1.165, 1.54) is 14.2 Å². The Balaban J connectivity index is 2.04. The zero-order valence-electron chi connectivity index (χ0n) is 14.8. The quantitative estimate of drug-likeness (QED) is 0.427. The third-order valence-electron chi connectivity index (χ3n) is 3.59. The summed E-state index contributed by atoms with van der Waals surface area (Å²) < 4.78 is 14.9. The molecule has 0 aromatic heterocycles. The zero-order chi connectivity index (χ0) is 19.8. The van der Waals surface area contributed by atoms with Gasteiger partial charge in [-0.2, -0.15) is 0 Å². The van der Waals surface area contributed by atoms with Gasteiger partial charge in [0.2, 0.25) is 0 Å². The number of nitro groups is 1. The second-order valence-corrected chi connectivity index (χ2v) is 5.32. The second-order valence-electron chi connectivity index (χ2n) is 5.32. The van der Waals surface area contributed by atoms with E-state index in [-0.39, 0.29) is 23.6 Å². The molecule has 0 aliphatic carbocycles. The second kappa shape index (κ2) is 9.18. The normalized spacial score (nSPS) is 10.0. The van der Waals surface area contributed by atoms with Crippen LogP contribution in [0.15, 0.2) is 42.5 Å². The molecule has 0 unspecified atom stereocenters. The van der Waals surface area contributed by atoms with E-state index in [0.717, 1.165) is 17.7 Å². The van der Waals surface area contributed by atoms with Gasteiger partial charge in [0.05, 0.1) is 25.2 Å². The maximum Gasteiger partial charge on any atom is 0.345 e. The standard InChI is InChI=1S/C18H18N2O7/c1-25-15-8-13(14(20(23)24)9-16(15)26-2)18(22)27-11-17(21)19-10-12-6-4-3-5-7-12/h3-9H,10-11H2,1-2H3,(H,19,21). The molecule has 1 N–H and O–H groups in total. The molecular weight excluding hydrogens is 356 g/mol. The van der Waals surface area contributed by atoms with Crippen molar-refractivity contribution in [3.8, 4) is 11.5 Å². The smallest absolute Gasteiger partial charge is 0.345 e. The van der Waals surface area contributed by atoms with Gasteiger partial charge in [0, 0.05) is 12.6 Å². The number of amides is 1. The van der Waals surface area contributed by atoms with E-state index in [2.05, 4.69) is 5.32 Å². The molecule has 0 heterocycles. The van der Waals surface area contributed by atoms with Gasteiger partial charge in [-0.05, 0) is 5.56 Å². The largest absolute Gasteiger partial charge is 0.493 e. The summed E-state index contributed by atoms with van der Waals surface area (Å²) in [5.41, 5.74) is 0.0311. The highest BCUT2D eigenvalue weighted by atomic mass is 16.6. The molecule has 2 aromatic rings. The zero-order valence-corrected chi connectivity index (χ0v) is 14.8. The van der Waals surface area contributed by atoms with Crippen molar-refractivity contribution in [3.05, 3.63) is 63.7 Å². The van der Waals surface area contributed by atoms with Crippen molar-refractivity contribution >= 4 is 17.6 Å². The van der Waals surface area contributed by atoms with Crippen molar-refractivity contribution in [1.82, 2.24) is 5.32 Å². The average molecular weight is 374 g/mol. The number of esters is 1. The number of nitrogens with one attached hydrogen (secondary N) is 1. The molecule has 0 saturated heterocycles. The first-order valence-corrected chi connectivity index (χ1v) is 7.84. The van der Waals surface area contributed by atoms with Crippen LogP contribution in [0, 0.1) is 10.1 Å². The molecule has 142 valence electrons. The van der Waals surface area contributed by atoms with Crippen molar-refractivity contribution in [2.75, 3.05) is 20.8 Å². The summed E-state index contributed by atoms with van der Waals surface area (Å²) in [6, 6.07) is 11.4.